The number of carbonyl (C=O) groups is 2. The number of rotatable bonds is 6. The van der Waals surface area contributed by atoms with Crippen molar-refractivity contribution >= 4 is 33.6 Å². The van der Waals surface area contributed by atoms with E-state index in [2.05, 4.69) is 76.7 Å². The van der Waals surface area contributed by atoms with Crippen molar-refractivity contribution in [2.24, 2.45) is 11.8 Å². The van der Waals surface area contributed by atoms with Gasteiger partial charge in [-0.1, -0.05) is 60.7 Å². The fraction of sp³-hybridized carbons (Fsp3) is 0.318. The van der Waals surface area contributed by atoms with Crippen LogP contribution in [-0.2, 0) is 12.8 Å². The minimum absolute atomic E-state index is 0.179. The van der Waals surface area contributed by atoms with Crippen molar-refractivity contribution in [3.63, 3.8) is 0 Å². The van der Waals surface area contributed by atoms with E-state index in [0.717, 1.165) is 109 Å². The van der Waals surface area contributed by atoms with E-state index < -0.39 is 0 Å². The molecule has 2 aliphatic heterocycles. The van der Waals surface area contributed by atoms with Gasteiger partial charge in [0.25, 0.3) is 11.8 Å². The number of nitrogens with zero attached hydrogens (tertiary/aromatic N) is 2. The number of benzene rings is 4. The highest BCUT2D eigenvalue weighted by Gasteiger charge is 2.26. The zero-order valence-electron chi connectivity index (χ0n) is 29.3. The molecule has 6 heteroatoms. The number of hydrogen-bond acceptors (Lipinski definition) is 2. The maximum absolute atomic E-state index is 13.0. The molecule has 0 bridgehead atoms. The van der Waals surface area contributed by atoms with Crippen molar-refractivity contribution in [1.29, 1.82) is 0 Å². The number of amides is 2. The molecule has 0 saturated carbocycles. The third-order valence-corrected chi connectivity index (χ3v) is 10.9. The van der Waals surface area contributed by atoms with Crippen molar-refractivity contribution < 1.29 is 9.59 Å². The Hall–Kier alpha value is -5.10. The number of aryl methyl sites for hydroxylation is 2. The standard InChI is InChI=1S/2C22H24N2O/c1-16-13-21-19(7-10-23-21)15-20(16)22(25)24-11-8-18(9-12-24)14-17-5-3-2-4-6-17;1-16-19-9-12-23-21(19)8-7-20(16)22(25)24-13-10-18(11-14-24)15-17-5-3-2-4-6-17/h2-7,10,13,15,18,23H,8-9,11-12,14H2,1H3;2-9,12,18,23H,10-11,13-15H2,1H3. The predicted molar refractivity (Wildman–Crippen MR) is 204 cm³/mol. The lowest BCUT2D eigenvalue weighted by atomic mass is 9.90. The molecule has 50 heavy (non-hydrogen) atoms. The van der Waals surface area contributed by atoms with Gasteiger partial charge in [-0.15, -0.1) is 0 Å². The highest BCUT2D eigenvalue weighted by Crippen LogP contribution is 2.27. The highest BCUT2D eigenvalue weighted by atomic mass is 16.2. The molecular weight excluding hydrogens is 617 g/mol. The summed E-state index contributed by atoms with van der Waals surface area (Å²) in [5.74, 6) is 1.72. The Morgan fingerprint density at radius 3 is 1.70 bits per heavy atom. The summed E-state index contributed by atoms with van der Waals surface area (Å²) in [4.78, 5) is 36.4. The van der Waals surface area contributed by atoms with E-state index in [1.54, 1.807) is 0 Å². The van der Waals surface area contributed by atoms with Gasteiger partial charge in [-0.2, -0.15) is 0 Å². The molecule has 0 atom stereocenters. The average Bonchev–Trinajstić information content (AvgIpc) is 3.83. The molecule has 2 saturated heterocycles. The summed E-state index contributed by atoms with van der Waals surface area (Å²) < 4.78 is 0. The maximum Gasteiger partial charge on any atom is 0.254 e. The van der Waals surface area contributed by atoms with Crippen LogP contribution in [0.3, 0.4) is 0 Å². The minimum atomic E-state index is 0.179. The number of carbonyl (C=O) groups excluding carboxylic acids is 2. The lowest BCUT2D eigenvalue weighted by Gasteiger charge is -2.32. The lowest BCUT2D eigenvalue weighted by molar-refractivity contribution is 0.0682. The number of aromatic amines is 2. The van der Waals surface area contributed by atoms with Gasteiger partial charge in [0, 0.05) is 71.5 Å². The second-order valence-electron chi connectivity index (χ2n) is 14.3. The minimum Gasteiger partial charge on any atom is -0.361 e. The molecule has 6 aromatic rings. The van der Waals surface area contributed by atoms with Crippen LogP contribution in [0, 0.1) is 25.7 Å². The van der Waals surface area contributed by atoms with Gasteiger partial charge in [-0.25, -0.2) is 0 Å². The van der Waals surface area contributed by atoms with Crippen LogP contribution in [0.4, 0.5) is 0 Å². The van der Waals surface area contributed by atoms with Crippen molar-refractivity contribution in [3.05, 3.63) is 143 Å². The van der Waals surface area contributed by atoms with E-state index in [1.807, 2.05) is 66.4 Å². The summed E-state index contributed by atoms with van der Waals surface area (Å²) in [6.07, 6.45) is 10.5. The van der Waals surface area contributed by atoms with Crippen LogP contribution in [0.15, 0.2) is 109 Å². The number of likely N-dealkylation sites (tertiary alicyclic amines) is 2. The van der Waals surface area contributed by atoms with Gasteiger partial charge in [-0.05, 0) is 123 Å². The van der Waals surface area contributed by atoms with E-state index in [4.69, 9.17) is 0 Å². The molecule has 2 aliphatic rings. The number of piperidine rings is 2. The molecule has 4 heterocycles. The summed E-state index contributed by atoms with van der Waals surface area (Å²) in [5, 5.41) is 2.25. The Morgan fingerprint density at radius 2 is 1.12 bits per heavy atom. The smallest absolute Gasteiger partial charge is 0.254 e. The molecule has 256 valence electrons. The molecule has 0 radical (unpaired) electrons. The SMILES string of the molecule is Cc1c(C(=O)N2CCC(Cc3ccccc3)CC2)ccc2[nH]ccc12.Cc1cc2[nH]ccc2cc1C(=O)N1CCC(Cc2ccccc2)CC1. The molecule has 2 fully saturated rings. The predicted octanol–water partition coefficient (Wildman–Crippen LogP) is 9.14. The first-order valence-corrected chi connectivity index (χ1v) is 18.2. The van der Waals surface area contributed by atoms with Gasteiger partial charge in [-0.3, -0.25) is 9.59 Å². The number of aromatic nitrogens is 2. The fourth-order valence-corrected chi connectivity index (χ4v) is 7.87. The van der Waals surface area contributed by atoms with Crippen LogP contribution in [0.1, 0.15) is 68.7 Å². The van der Waals surface area contributed by atoms with E-state index >= 15 is 0 Å². The monoisotopic (exact) mass is 664 g/mol. The number of nitrogens with one attached hydrogen (secondary N) is 2. The molecule has 4 aromatic carbocycles. The maximum atomic E-state index is 13.0. The Morgan fingerprint density at radius 1 is 0.600 bits per heavy atom. The lowest BCUT2D eigenvalue weighted by Crippen LogP contribution is -2.39. The molecule has 0 aliphatic carbocycles. The van der Waals surface area contributed by atoms with Crippen LogP contribution in [0.5, 0.6) is 0 Å². The molecule has 2 amide bonds. The average molecular weight is 665 g/mol. The fourth-order valence-electron chi connectivity index (χ4n) is 7.87. The molecule has 0 spiro atoms. The second kappa shape index (κ2) is 15.2. The van der Waals surface area contributed by atoms with Crippen LogP contribution in [-0.4, -0.2) is 57.8 Å². The summed E-state index contributed by atoms with van der Waals surface area (Å²) >= 11 is 0. The van der Waals surface area contributed by atoms with Crippen molar-refractivity contribution in [1.82, 2.24) is 19.8 Å². The molecule has 0 unspecified atom stereocenters. The third-order valence-electron chi connectivity index (χ3n) is 10.9. The zero-order valence-corrected chi connectivity index (χ0v) is 29.3. The van der Waals surface area contributed by atoms with Gasteiger partial charge < -0.3 is 19.8 Å². The van der Waals surface area contributed by atoms with Crippen molar-refractivity contribution in [2.45, 2.75) is 52.4 Å². The molecule has 8 rings (SSSR count). The normalized spacial score (nSPS) is 15.6. The molecular formula is C44H48N4O2. The van der Waals surface area contributed by atoms with Gasteiger partial charge in [0.1, 0.15) is 0 Å². The van der Waals surface area contributed by atoms with Gasteiger partial charge in [0.2, 0.25) is 0 Å². The molecule has 2 N–H and O–H groups in total. The van der Waals surface area contributed by atoms with Crippen molar-refractivity contribution in [2.75, 3.05) is 26.2 Å². The van der Waals surface area contributed by atoms with Crippen molar-refractivity contribution in [3.8, 4) is 0 Å². The van der Waals surface area contributed by atoms with Crippen LogP contribution < -0.4 is 0 Å². The Labute approximate surface area is 295 Å². The quantitative estimate of drug-likeness (QED) is 0.186. The highest BCUT2D eigenvalue weighted by molar-refractivity contribution is 6.01. The second-order valence-corrected chi connectivity index (χ2v) is 14.3. The number of H-pyrrole nitrogens is 2. The Balaban J connectivity index is 0.000000157. The first-order chi connectivity index (χ1) is 24.4. The number of fused-ring (bicyclic) bond motifs is 2. The van der Waals surface area contributed by atoms with Crippen LogP contribution in [0.2, 0.25) is 0 Å². The topological polar surface area (TPSA) is 72.2 Å². The van der Waals surface area contributed by atoms with E-state index in [9.17, 15) is 9.59 Å². The first-order valence-electron chi connectivity index (χ1n) is 18.2. The largest absolute Gasteiger partial charge is 0.361 e. The summed E-state index contributed by atoms with van der Waals surface area (Å²) in [6.45, 7) is 7.52. The van der Waals surface area contributed by atoms with E-state index in [1.165, 1.54) is 11.1 Å². The van der Waals surface area contributed by atoms with E-state index in [-0.39, 0.29) is 11.8 Å². The van der Waals surface area contributed by atoms with Crippen LogP contribution >= 0.6 is 0 Å². The summed E-state index contributed by atoms with van der Waals surface area (Å²) in [5.41, 5.74) is 8.80. The third kappa shape index (κ3) is 7.55. The zero-order chi connectivity index (χ0) is 34.5. The number of hydrogen-bond donors (Lipinski definition) is 2. The molecule has 2 aromatic heterocycles. The van der Waals surface area contributed by atoms with Gasteiger partial charge >= 0.3 is 0 Å². The Bertz CT molecular complexity index is 1970. The van der Waals surface area contributed by atoms with E-state index in [0.29, 0.717) is 11.8 Å². The van der Waals surface area contributed by atoms with Crippen LogP contribution in [0.25, 0.3) is 21.8 Å². The Kier molecular flexibility index (Phi) is 10.2. The summed E-state index contributed by atoms with van der Waals surface area (Å²) in [6, 6.07) is 33.5. The van der Waals surface area contributed by atoms with Gasteiger partial charge in [0.05, 0.1) is 0 Å². The first kappa shape index (κ1) is 33.4. The van der Waals surface area contributed by atoms with Gasteiger partial charge in [0.15, 0.2) is 0 Å². The summed E-state index contributed by atoms with van der Waals surface area (Å²) in [7, 11) is 0. The molecule has 6 nitrogen and oxygen atoms in total.